The summed E-state index contributed by atoms with van der Waals surface area (Å²) in [6.07, 6.45) is -2.67. The molecule has 0 aromatic heterocycles. The highest BCUT2D eigenvalue weighted by Gasteiger charge is 2.25. The summed E-state index contributed by atoms with van der Waals surface area (Å²) in [5, 5.41) is 3.18. The number of rotatable bonds is 4. The number of alkyl halides is 2. The van der Waals surface area contributed by atoms with Crippen molar-refractivity contribution in [1.29, 1.82) is 0 Å². The maximum absolute atomic E-state index is 13.4. The van der Waals surface area contributed by atoms with Gasteiger partial charge in [-0.1, -0.05) is 15.9 Å². The van der Waals surface area contributed by atoms with E-state index in [9.17, 15) is 13.2 Å². The molecule has 0 aliphatic carbocycles. The van der Waals surface area contributed by atoms with Gasteiger partial charge in [-0.25, -0.2) is 13.2 Å². The zero-order valence-electron chi connectivity index (χ0n) is 10.8. The van der Waals surface area contributed by atoms with E-state index in [1.807, 2.05) is 4.90 Å². The van der Waals surface area contributed by atoms with Crippen LogP contribution in [0.3, 0.4) is 0 Å². The van der Waals surface area contributed by atoms with Crippen LogP contribution in [0.2, 0.25) is 0 Å². The maximum Gasteiger partial charge on any atom is 0.240 e. The Morgan fingerprint density at radius 2 is 1.85 bits per heavy atom. The van der Waals surface area contributed by atoms with Crippen molar-refractivity contribution in [3.8, 4) is 0 Å². The quantitative estimate of drug-likeness (QED) is 0.867. The van der Waals surface area contributed by atoms with Crippen LogP contribution in [0, 0.1) is 5.82 Å². The van der Waals surface area contributed by atoms with Crippen LogP contribution in [0.4, 0.5) is 13.2 Å². The summed E-state index contributed by atoms with van der Waals surface area (Å²) < 4.78 is 39.6. The smallest absolute Gasteiger partial charge is 0.240 e. The molecule has 1 atom stereocenters. The van der Waals surface area contributed by atoms with Gasteiger partial charge in [0.15, 0.2) is 0 Å². The number of nitrogens with one attached hydrogen (secondary N) is 1. The Kier molecular flexibility index (Phi) is 7.29. The van der Waals surface area contributed by atoms with Crippen molar-refractivity contribution in [2.75, 3.05) is 26.2 Å². The monoisotopic (exact) mass is 372 g/mol. The second-order valence-electron chi connectivity index (χ2n) is 4.63. The molecule has 2 rings (SSSR count). The first kappa shape index (κ1) is 17.8. The predicted octanol–water partition coefficient (Wildman–Crippen LogP) is 3.61. The van der Waals surface area contributed by atoms with Crippen LogP contribution < -0.4 is 5.32 Å². The minimum Gasteiger partial charge on any atom is -0.314 e. The van der Waals surface area contributed by atoms with E-state index in [-0.39, 0.29) is 18.8 Å². The van der Waals surface area contributed by atoms with Crippen LogP contribution in [-0.2, 0) is 0 Å². The molecule has 0 unspecified atom stereocenters. The van der Waals surface area contributed by atoms with Gasteiger partial charge < -0.3 is 5.32 Å². The van der Waals surface area contributed by atoms with Gasteiger partial charge in [0, 0.05) is 43.1 Å². The molecule has 7 heteroatoms. The molecule has 2 nitrogen and oxygen atoms in total. The molecular weight excluding hydrogens is 357 g/mol. The molecule has 1 aromatic rings. The van der Waals surface area contributed by atoms with Gasteiger partial charge in [-0.3, -0.25) is 4.90 Å². The summed E-state index contributed by atoms with van der Waals surface area (Å²) in [6, 6.07) is 3.97. The van der Waals surface area contributed by atoms with E-state index in [0.717, 1.165) is 13.1 Å². The highest BCUT2D eigenvalue weighted by Crippen LogP contribution is 2.30. The lowest BCUT2D eigenvalue weighted by atomic mass is 10.0. The van der Waals surface area contributed by atoms with Crippen molar-refractivity contribution in [3.05, 3.63) is 34.1 Å². The first-order chi connectivity index (χ1) is 9.06. The molecule has 114 valence electrons. The summed E-state index contributed by atoms with van der Waals surface area (Å²) in [7, 11) is 0. The number of benzene rings is 1. The second kappa shape index (κ2) is 8.22. The lowest BCUT2D eigenvalue weighted by Crippen LogP contribution is -2.45. The fourth-order valence-corrected chi connectivity index (χ4v) is 2.91. The van der Waals surface area contributed by atoms with Crippen molar-refractivity contribution in [3.63, 3.8) is 0 Å². The van der Waals surface area contributed by atoms with Crippen molar-refractivity contribution >= 4 is 28.3 Å². The molecule has 1 aliphatic heterocycles. The number of halogens is 5. The Morgan fingerprint density at radius 1 is 1.20 bits per heavy atom. The van der Waals surface area contributed by atoms with Gasteiger partial charge in [-0.15, -0.1) is 12.4 Å². The van der Waals surface area contributed by atoms with Gasteiger partial charge in [0.1, 0.15) is 5.82 Å². The van der Waals surface area contributed by atoms with Gasteiger partial charge >= 0.3 is 0 Å². The average Bonchev–Trinajstić information content (AvgIpc) is 2.35. The minimum absolute atomic E-state index is 0. The third-order valence-corrected chi connectivity index (χ3v) is 3.72. The molecular formula is C13H17BrClF3N2. The lowest BCUT2D eigenvalue weighted by molar-refractivity contribution is 0.0738. The highest BCUT2D eigenvalue weighted by molar-refractivity contribution is 9.10. The van der Waals surface area contributed by atoms with Gasteiger partial charge in [-0.2, -0.15) is 0 Å². The lowest BCUT2D eigenvalue weighted by Gasteiger charge is -2.35. The van der Waals surface area contributed by atoms with E-state index in [0.29, 0.717) is 23.1 Å². The summed E-state index contributed by atoms with van der Waals surface area (Å²) in [4.78, 5) is 1.99. The van der Waals surface area contributed by atoms with Crippen LogP contribution in [0.1, 0.15) is 18.0 Å². The standard InChI is InChI=1S/C13H16BrF3N2.ClH/c14-10-5-9(6-11(15)7-10)12(8-13(16)17)19-3-1-18-2-4-19;/h5-7,12-13,18H,1-4,8H2;1H/t12-;/m0./s1. The van der Waals surface area contributed by atoms with E-state index in [4.69, 9.17) is 0 Å². The van der Waals surface area contributed by atoms with Crippen LogP contribution in [0.5, 0.6) is 0 Å². The molecule has 0 spiro atoms. The molecule has 1 N–H and O–H groups in total. The van der Waals surface area contributed by atoms with Crippen LogP contribution >= 0.6 is 28.3 Å². The highest BCUT2D eigenvalue weighted by atomic mass is 79.9. The number of hydrogen-bond donors (Lipinski definition) is 1. The van der Waals surface area contributed by atoms with Crippen molar-refractivity contribution < 1.29 is 13.2 Å². The fourth-order valence-electron chi connectivity index (χ4n) is 2.43. The molecule has 1 aromatic carbocycles. The second-order valence-corrected chi connectivity index (χ2v) is 5.55. The van der Waals surface area contributed by atoms with Gasteiger partial charge in [0.05, 0.1) is 0 Å². The Balaban J connectivity index is 0.00000200. The van der Waals surface area contributed by atoms with Crippen molar-refractivity contribution in [1.82, 2.24) is 10.2 Å². The van der Waals surface area contributed by atoms with E-state index in [1.54, 1.807) is 6.07 Å². The average molecular weight is 374 g/mol. The van der Waals surface area contributed by atoms with E-state index < -0.39 is 18.3 Å². The van der Waals surface area contributed by atoms with E-state index >= 15 is 0 Å². The number of hydrogen-bond acceptors (Lipinski definition) is 2. The Morgan fingerprint density at radius 3 is 2.40 bits per heavy atom. The molecule has 0 bridgehead atoms. The topological polar surface area (TPSA) is 15.3 Å². The van der Waals surface area contributed by atoms with Gasteiger partial charge in [0.25, 0.3) is 0 Å². The summed E-state index contributed by atoms with van der Waals surface area (Å²) in [5.74, 6) is -0.404. The first-order valence-corrected chi connectivity index (χ1v) is 7.04. The van der Waals surface area contributed by atoms with E-state index in [2.05, 4.69) is 21.2 Å². The Bertz CT molecular complexity index is 408. The van der Waals surface area contributed by atoms with E-state index in [1.165, 1.54) is 12.1 Å². The molecule has 0 saturated carbocycles. The minimum atomic E-state index is -2.40. The summed E-state index contributed by atoms with van der Waals surface area (Å²) in [6.45, 7) is 2.95. The zero-order valence-corrected chi connectivity index (χ0v) is 13.2. The Labute approximate surface area is 131 Å². The number of piperazine rings is 1. The normalized spacial score (nSPS) is 17.9. The molecule has 20 heavy (non-hydrogen) atoms. The molecule has 1 fully saturated rings. The fraction of sp³-hybridized carbons (Fsp3) is 0.538. The van der Waals surface area contributed by atoms with Crippen molar-refractivity contribution in [2.45, 2.75) is 18.9 Å². The third kappa shape index (κ3) is 4.91. The maximum atomic E-state index is 13.4. The molecule has 1 aliphatic rings. The molecule has 0 radical (unpaired) electrons. The van der Waals surface area contributed by atoms with Gasteiger partial charge in [-0.05, 0) is 23.8 Å². The predicted molar refractivity (Wildman–Crippen MR) is 79.2 cm³/mol. The van der Waals surface area contributed by atoms with Crippen molar-refractivity contribution in [2.24, 2.45) is 0 Å². The molecule has 1 heterocycles. The van der Waals surface area contributed by atoms with Gasteiger partial charge in [0.2, 0.25) is 6.43 Å². The molecule has 1 saturated heterocycles. The molecule has 0 amide bonds. The third-order valence-electron chi connectivity index (χ3n) is 3.26. The van der Waals surface area contributed by atoms with Crippen LogP contribution in [0.15, 0.2) is 22.7 Å². The van der Waals surface area contributed by atoms with Crippen LogP contribution in [0.25, 0.3) is 0 Å². The van der Waals surface area contributed by atoms with Crippen LogP contribution in [-0.4, -0.2) is 37.5 Å². The first-order valence-electron chi connectivity index (χ1n) is 6.25. The number of nitrogens with zero attached hydrogens (tertiary/aromatic N) is 1. The SMILES string of the molecule is Cl.Fc1cc(Br)cc([C@H](CC(F)F)N2CCNCC2)c1. The Hall–Kier alpha value is -0.300. The zero-order chi connectivity index (χ0) is 13.8. The summed E-state index contributed by atoms with van der Waals surface area (Å²) in [5.41, 5.74) is 0.606. The summed E-state index contributed by atoms with van der Waals surface area (Å²) >= 11 is 3.21. The largest absolute Gasteiger partial charge is 0.314 e.